The fourth-order valence-electron chi connectivity index (χ4n) is 4.26. The number of nitrogens with zero attached hydrogens (tertiary/aromatic N) is 3. The molecule has 0 unspecified atom stereocenters. The number of fused-ring (bicyclic) bond motifs is 1. The number of nitrogens with two attached hydrogens (primary N) is 1. The van der Waals surface area contributed by atoms with E-state index >= 15 is 0 Å². The van der Waals surface area contributed by atoms with Crippen LogP contribution in [0.3, 0.4) is 0 Å². The Kier molecular flexibility index (Phi) is 4.88. The van der Waals surface area contributed by atoms with Gasteiger partial charge in [0.2, 0.25) is 0 Å². The highest BCUT2D eigenvalue weighted by Gasteiger charge is 2.54. The Morgan fingerprint density at radius 2 is 2.07 bits per heavy atom. The van der Waals surface area contributed by atoms with Crippen molar-refractivity contribution in [3.05, 3.63) is 24.2 Å². The van der Waals surface area contributed by atoms with E-state index in [4.69, 9.17) is 19.9 Å². The Morgan fingerprint density at radius 3 is 2.79 bits per heavy atom. The van der Waals surface area contributed by atoms with Gasteiger partial charge in [-0.1, -0.05) is 0 Å². The SMILES string of the molecule is CC1(OC(=O)OC[C@H]2O[C@@](C)(c3ccc4c(N)ncnn34)[C@H](O)[C@@H]2O)CCCC1. The first-order valence-electron chi connectivity index (χ1n) is 9.72. The van der Waals surface area contributed by atoms with Crippen molar-refractivity contribution in [3.8, 4) is 0 Å². The number of anilines is 1. The van der Waals surface area contributed by atoms with Crippen LogP contribution in [0.2, 0.25) is 0 Å². The summed E-state index contributed by atoms with van der Waals surface area (Å²) < 4.78 is 18.1. The Bertz CT molecular complexity index is 911. The van der Waals surface area contributed by atoms with Crippen LogP contribution in [-0.2, 0) is 19.8 Å². The number of hydrogen-bond acceptors (Lipinski definition) is 9. The van der Waals surface area contributed by atoms with Crippen molar-refractivity contribution in [3.63, 3.8) is 0 Å². The van der Waals surface area contributed by atoms with E-state index in [0.717, 1.165) is 25.7 Å². The fraction of sp³-hybridized carbons (Fsp3) is 0.632. The molecule has 1 saturated heterocycles. The number of rotatable bonds is 4. The molecule has 4 N–H and O–H groups in total. The van der Waals surface area contributed by atoms with Gasteiger partial charge >= 0.3 is 6.16 Å². The van der Waals surface area contributed by atoms with Crippen LogP contribution in [0.1, 0.15) is 45.2 Å². The molecule has 4 rings (SSSR count). The molecule has 2 aromatic rings. The van der Waals surface area contributed by atoms with E-state index in [1.165, 1.54) is 10.8 Å². The zero-order chi connectivity index (χ0) is 20.8. The maximum atomic E-state index is 12.1. The smallest absolute Gasteiger partial charge is 0.431 e. The van der Waals surface area contributed by atoms with Gasteiger partial charge < -0.3 is 30.2 Å². The highest BCUT2D eigenvalue weighted by molar-refractivity contribution is 5.65. The number of carbonyl (C=O) groups is 1. The van der Waals surface area contributed by atoms with Gasteiger partial charge in [0.25, 0.3) is 0 Å². The van der Waals surface area contributed by atoms with E-state index in [9.17, 15) is 15.0 Å². The third kappa shape index (κ3) is 3.41. The molecule has 10 heteroatoms. The summed E-state index contributed by atoms with van der Waals surface area (Å²) in [6, 6.07) is 3.41. The maximum absolute atomic E-state index is 12.1. The first-order valence-corrected chi connectivity index (χ1v) is 9.72. The average molecular weight is 406 g/mol. The number of carbonyl (C=O) groups excluding carboxylic acids is 1. The largest absolute Gasteiger partial charge is 0.508 e. The number of ether oxygens (including phenoxy) is 3. The molecule has 4 atom stereocenters. The van der Waals surface area contributed by atoms with Crippen LogP contribution in [0.25, 0.3) is 5.52 Å². The van der Waals surface area contributed by atoms with Crippen molar-refractivity contribution < 1.29 is 29.2 Å². The van der Waals surface area contributed by atoms with Gasteiger partial charge in [0.1, 0.15) is 48.0 Å². The summed E-state index contributed by atoms with van der Waals surface area (Å²) in [7, 11) is 0. The molecule has 0 spiro atoms. The highest BCUT2D eigenvalue weighted by Crippen LogP contribution is 2.40. The van der Waals surface area contributed by atoms with Gasteiger partial charge in [-0.25, -0.2) is 14.3 Å². The lowest BCUT2D eigenvalue weighted by Crippen LogP contribution is -2.39. The number of nitrogen functional groups attached to an aromatic ring is 1. The van der Waals surface area contributed by atoms with Crippen LogP contribution in [0.4, 0.5) is 10.6 Å². The molecule has 0 aromatic carbocycles. The molecule has 1 aliphatic heterocycles. The van der Waals surface area contributed by atoms with E-state index in [-0.39, 0.29) is 12.4 Å². The second-order valence-corrected chi connectivity index (χ2v) is 8.18. The third-order valence-corrected chi connectivity index (χ3v) is 6.01. The van der Waals surface area contributed by atoms with E-state index in [0.29, 0.717) is 11.2 Å². The van der Waals surface area contributed by atoms with Gasteiger partial charge in [0.15, 0.2) is 5.82 Å². The molecule has 0 amide bonds. The lowest BCUT2D eigenvalue weighted by atomic mass is 9.93. The van der Waals surface area contributed by atoms with Crippen molar-refractivity contribution in [2.75, 3.05) is 12.3 Å². The maximum Gasteiger partial charge on any atom is 0.508 e. The molecule has 10 nitrogen and oxygen atoms in total. The van der Waals surface area contributed by atoms with Crippen LogP contribution < -0.4 is 5.73 Å². The lowest BCUT2D eigenvalue weighted by molar-refractivity contribution is -0.0989. The molecule has 1 aliphatic carbocycles. The average Bonchev–Trinajstić information content (AvgIpc) is 3.35. The van der Waals surface area contributed by atoms with E-state index in [2.05, 4.69) is 10.1 Å². The van der Waals surface area contributed by atoms with Crippen LogP contribution in [-0.4, -0.2) is 61.5 Å². The predicted octanol–water partition coefficient (Wildman–Crippen LogP) is 1.13. The second kappa shape index (κ2) is 7.12. The minimum atomic E-state index is -1.29. The Balaban J connectivity index is 1.47. The van der Waals surface area contributed by atoms with Gasteiger partial charge in [0, 0.05) is 0 Å². The standard InChI is InChI=1S/C19H26N4O6/c1-18(7-3-4-8-18)29-17(26)27-9-12-14(24)15(25)19(2,28-12)13-6-5-11-16(20)21-10-22-23(11)13/h5-6,10,12,14-15,24-25H,3-4,7-9H2,1-2H3,(H2,20,21,22)/t12-,14-,15-,19+/m1/s1. The first-order chi connectivity index (χ1) is 13.7. The van der Waals surface area contributed by atoms with Crippen molar-refractivity contribution in [1.82, 2.24) is 14.6 Å². The predicted molar refractivity (Wildman–Crippen MR) is 101 cm³/mol. The number of aliphatic hydroxyl groups excluding tert-OH is 2. The third-order valence-electron chi connectivity index (χ3n) is 6.01. The van der Waals surface area contributed by atoms with Gasteiger partial charge in [-0.15, -0.1) is 0 Å². The zero-order valence-electron chi connectivity index (χ0n) is 16.4. The van der Waals surface area contributed by atoms with E-state index in [1.54, 1.807) is 19.1 Å². The summed E-state index contributed by atoms with van der Waals surface area (Å²) >= 11 is 0. The molecular formula is C19H26N4O6. The Labute approximate surface area is 167 Å². The number of aromatic nitrogens is 3. The summed E-state index contributed by atoms with van der Waals surface area (Å²) in [5.74, 6) is 0.283. The zero-order valence-corrected chi connectivity index (χ0v) is 16.4. The van der Waals surface area contributed by atoms with Crippen LogP contribution in [0.15, 0.2) is 18.5 Å². The molecule has 2 fully saturated rings. The molecule has 2 aromatic heterocycles. The van der Waals surface area contributed by atoms with Crippen molar-refractivity contribution >= 4 is 17.5 Å². The Morgan fingerprint density at radius 1 is 1.34 bits per heavy atom. The monoisotopic (exact) mass is 406 g/mol. The van der Waals surface area contributed by atoms with Gasteiger partial charge in [-0.05, 0) is 51.7 Å². The molecule has 0 radical (unpaired) electrons. The molecule has 0 bridgehead atoms. The lowest BCUT2D eigenvalue weighted by Gasteiger charge is -2.27. The summed E-state index contributed by atoms with van der Waals surface area (Å²) in [5, 5.41) is 25.3. The van der Waals surface area contributed by atoms with Gasteiger partial charge in [-0.2, -0.15) is 5.10 Å². The fourth-order valence-corrected chi connectivity index (χ4v) is 4.26. The van der Waals surface area contributed by atoms with Gasteiger partial charge in [-0.3, -0.25) is 0 Å². The normalized spacial score (nSPS) is 31.2. The number of hydrogen-bond donors (Lipinski definition) is 3. The summed E-state index contributed by atoms with van der Waals surface area (Å²) in [4.78, 5) is 16.0. The molecule has 3 heterocycles. The van der Waals surface area contributed by atoms with Crippen LogP contribution >= 0.6 is 0 Å². The topological polar surface area (TPSA) is 141 Å². The van der Waals surface area contributed by atoms with Crippen molar-refractivity contribution in [2.45, 2.75) is 69.0 Å². The summed E-state index contributed by atoms with van der Waals surface area (Å²) in [6.45, 7) is 3.27. The van der Waals surface area contributed by atoms with E-state index in [1.807, 2.05) is 6.92 Å². The molecule has 2 aliphatic rings. The van der Waals surface area contributed by atoms with Crippen molar-refractivity contribution in [2.24, 2.45) is 0 Å². The minimum Gasteiger partial charge on any atom is -0.431 e. The molecule has 29 heavy (non-hydrogen) atoms. The quantitative estimate of drug-likeness (QED) is 0.637. The molecule has 158 valence electrons. The number of aliphatic hydroxyl groups is 2. The minimum absolute atomic E-state index is 0.247. The summed E-state index contributed by atoms with van der Waals surface area (Å²) in [5.41, 5.74) is 5.12. The molecule has 1 saturated carbocycles. The van der Waals surface area contributed by atoms with Crippen LogP contribution in [0, 0.1) is 0 Å². The second-order valence-electron chi connectivity index (χ2n) is 8.18. The van der Waals surface area contributed by atoms with Crippen molar-refractivity contribution in [1.29, 1.82) is 0 Å². The van der Waals surface area contributed by atoms with Crippen LogP contribution in [0.5, 0.6) is 0 Å². The van der Waals surface area contributed by atoms with Gasteiger partial charge in [0.05, 0.1) is 5.69 Å². The van der Waals surface area contributed by atoms with E-state index < -0.39 is 35.7 Å². The Hall–Kier alpha value is -2.43. The first kappa shape index (κ1) is 19.9. The highest BCUT2D eigenvalue weighted by atomic mass is 16.7. The summed E-state index contributed by atoms with van der Waals surface area (Å²) in [6.07, 6.45) is 0.657. The molecular weight excluding hydrogens is 380 g/mol.